The third-order valence-electron chi connectivity index (χ3n) is 3.15. The lowest BCUT2D eigenvalue weighted by molar-refractivity contribution is 0.468. The van der Waals surface area contributed by atoms with Crippen molar-refractivity contribution < 1.29 is 5.11 Å². The number of anilines is 1. The summed E-state index contributed by atoms with van der Waals surface area (Å²) in [6.45, 7) is 2.99. The molecule has 2 aromatic rings. The molecule has 0 atom stereocenters. The van der Waals surface area contributed by atoms with E-state index in [-0.39, 0.29) is 0 Å². The van der Waals surface area contributed by atoms with Crippen LogP contribution in [0.25, 0.3) is 0 Å². The highest BCUT2D eigenvalue weighted by atomic mass is 16.3. The molecule has 0 saturated heterocycles. The van der Waals surface area contributed by atoms with Crippen LogP contribution in [0.1, 0.15) is 11.1 Å². The van der Waals surface area contributed by atoms with E-state index in [1.54, 1.807) is 6.07 Å². The van der Waals surface area contributed by atoms with E-state index >= 15 is 0 Å². The minimum absolute atomic E-state index is 0.384. The first-order valence-corrected chi connectivity index (χ1v) is 6.21. The zero-order chi connectivity index (χ0) is 13.0. The molecule has 0 radical (unpaired) electrons. The Bertz CT molecular complexity index is 522. The molecule has 0 aliphatic rings. The van der Waals surface area contributed by atoms with E-state index in [9.17, 15) is 5.11 Å². The van der Waals surface area contributed by atoms with Crippen LogP contribution < -0.4 is 4.90 Å². The number of aryl methyl sites for hydroxylation is 1. The van der Waals surface area contributed by atoms with E-state index in [0.717, 1.165) is 18.5 Å². The van der Waals surface area contributed by atoms with Gasteiger partial charge in [-0.15, -0.1) is 0 Å². The smallest absolute Gasteiger partial charge is 0.118 e. The molecule has 0 bridgehead atoms. The molecule has 0 aliphatic carbocycles. The number of aromatic hydroxyl groups is 1. The van der Waals surface area contributed by atoms with E-state index < -0.39 is 0 Å². The third-order valence-corrected chi connectivity index (χ3v) is 3.15. The zero-order valence-corrected chi connectivity index (χ0v) is 10.9. The monoisotopic (exact) mass is 241 g/mol. The Morgan fingerprint density at radius 1 is 1.06 bits per heavy atom. The Labute approximate surface area is 109 Å². The van der Waals surface area contributed by atoms with E-state index in [2.05, 4.69) is 43.1 Å². The highest BCUT2D eigenvalue weighted by Gasteiger charge is 2.04. The molecular weight excluding hydrogens is 222 g/mol. The first-order valence-electron chi connectivity index (χ1n) is 6.21. The quantitative estimate of drug-likeness (QED) is 0.887. The van der Waals surface area contributed by atoms with Gasteiger partial charge in [-0.2, -0.15) is 0 Å². The summed E-state index contributed by atoms with van der Waals surface area (Å²) >= 11 is 0. The number of nitrogens with zero attached hydrogens (tertiary/aromatic N) is 1. The average Bonchev–Trinajstić information content (AvgIpc) is 2.37. The summed E-state index contributed by atoms with van der Waals surface area (Å²) in [5, 5.41) is 9.72. The molecule has 0 heterocycles. The molecule has 0 aliphatic heterocycles. The number of phenolic OH excluding ortho intramolecular Hbond substituents is 1. The van der Waals surface area contributed by atoms with Crippen LogP contribution in [0, 0.1) is 6.92 Å². The van der Waals surface area contributed by atoms with Gasteiger partial charge in [0, 0.05) is 19.3 Å². The predicted molar refractivity (Wildman–Crippen MR) is 76.3 cm³/mol. The fourth-order valence-electron chi connectivity index (χ4n) is 2.00. The number of para-hydroxylation sites is 1. The van der Waals surface area contributed by atoms with Crippen LogP contribution in [0.5, 0.6) is 5.75 Å². The second-order valence-electron chi connectivity index (χ2n) is 4.64. The Morgan fingerprint density at radius 2 is 1.83 bits per heavy atom. The topological polar surface area (TPSA) is 23.5 Å². The second kappa shape index (κ2) is 5.58. The summed E-state index contributed by atoms with van der Waals surface area (Å²) in [4.78, 5) is 2.21. The fraction of sp³-hybridized carbons (Fsp3) is 0.250. The lowest BCUT2D eigenvalue weighted by Gasteiger charge is -2.20. The van der Waals surface area contributed by atoms with Crippen molar-refractivity contribution in [3.8, 4) is 5.75 Å². The molecule has 2 rings (SSSR count). The molecule has 94 valence electrons. The number of benzene rings is 2. The summed E-state index contributed by atoms with van der Waals surface area (Å²) in [5.74, 6) is 0.384. The molecule has 1 N–H and O–H groups in total. The van der Waals surface area contributed by atoms with Crippen LogP contribution in [0.2, 0.25) is 0 Å². The Morgan fingerprint density at radius 3 is 2.56 bits per heavy atom. The highest BCUT2D eigenvalue weighted by molar-refractivity contribution is 5.48. The number of likely N-dealkylation sites (N-methyl/N-ethyl adjacent to an activating group) is 1. The van der Waals surface area contributed by atoms with Gasteiger partial charge in [-0.3, -0.25) is 0 Å². The van der Waals surface area contributed by atoms with Crippen molar-refractivity contribution in [3.63, 3.8) is 0 Å². The van der Waals surface area contributed by atoms with Crippen LogP contribution >= 0.6 is 0 Å². The maximum absolute atomic E-state index is 9.72. The van der Waals surface area contributed by atoms with Crippen LogP contribution in [-0.2, 0) is 6.42 Å². The van der Waals surface area contributed by atoms with E-state index in [1.165, 1.54) is 11.3 Å². The number of hydrogen-bond donors (Lipinski definition) is 1. The lowest BCUT2D eigenvalue weighted by atomic mass is 10.1. The van der Waals surface area contributed by atoms with Gasteiger partial charge in [-0.05, 0) is 42.7 Å². The molecule has 0 aromatic heterocycles. The van der Waals surface area contributed by atoms with Crippen LogP contribution in [0.15, 0.2) is 48.5 Å². The minimum Gasteiger partial charge on any atom is -0.508 e. The molecule has 2 heteroatoms. The normalized spacial score (nSPS) is 10.3. The summed E-state index contributed by atoms with van der Waals surface area (Å²) in [6, 6.07) is 16.0. The molecule has 2 aromatic carbocycles. The number of phenols is 1. The highest BCUT2D eigenvalue weighted by Crippen LogP contribution is 2.18. The van der Waals surface area contributed by atoms with Gasteiger partial charge in [0.15, 0.2) is 0 Å². The van der Waals surface area contributed by atoms with Gasteiger partial charge >= 0.3 is 0 Å². The SMILES string of the molecule is Cc1cccc(N(C)CCc2ccccc2O)c1. The molecule has 0 fully saturated rings. The summed E-state index contributed by atoms with van der Waals surface area (Å²) < 4.78 is 0. The van der Waals surface area contributed by atoms with E-state index in [0.29, 0.717) is 5.75 Å². The van der Waals surface area contributed by atoms with Crippen molar-refractivity contribution in [2.75, 3.05) is 18.5 Å². The molecule has 0 amide bonds. The predicted octanol–water partition coefficient (Wildman–Crippen LogP) is 3.38. The molecule has 2 nitrogen and oxygen atoms in total. The van der Waals surface area contributed by atoms with Crippen molar-refractivity contribution in [1.29, 1.82) is 0 Å². The summed E-state index contributed by atoms with van der Waals surface area (Å²) in [5.41, 5.74) is 3.48. The number of rotatable bonds is 4. The van der Waals surface area contributed by atoms with Gasteiger partial charge in [-0.1, -0.05) is 30.3 Å². The van der Waals surface area contributed by atoms with Gasteiger partial charge in [0.25, 0.3) is 0 Å². The minimum atomic E-state index is 0.384. The van der Waals surface area contributed by atoms with Gasteiger partial charge in [0.05, 0.1) is 0 Å². The Hall–Kier alpha value is -1.96. The first-order chi connectivity index (χ1) is 8.66. The van der Waals surface area contributed by atoms with Gasteiger partial charge < -0.3 is 10.0 Å². The lowest BCUT2D eigenvalue weighted by Crippen LogP contribution is -2.20. The van der Waals surface area contributed by atoms with Gasteiger partial charge in [-0.25, -0.2) is 0 Å². The maximum Gasteiger partial charge on any atom is 0.118 e. The van der Waals surface area contributed by atoms with Gasteiger partial charge in [0.1, 0.15) is 5.75 Å². The Kier molecular flexibility index (Phi) is 3.88. The van der Waals surface area contributed by atoms with Gasteiger partial charge in [0.2, 0.25) is 0 Å². The van der Waals surface area contributed by atoms with E-state index in [4.69, 9.17) is 0 Å². The van der Waals surface area contributed by atoms with Crippen LogP contribution in [-0.4, -0.2) is 18.7 Å². The molecular formula is C16H19NO. The standard InChI is InChI=1S/C16H19NO/c1-13-6-5-8-15(12-13)17(2)11-10-14-7-3-4-9-16(14)18/h3-9,12,18H,10-11H2,1-2H3. The van der Waals surface area contributed by atoms with Crippen molar-refractivity contribution in [2.24, 2.45) is 0 Å². The molecule has 18 heavy (non-hydrogen) atoms. The maximum atomic E-state index is 9.72. The summed E-state index contributed by atoms with van der Waals surface area (Å²) in [7, 11) is 2.08. The second-order valence-corrected chi connectivity index (χ2v) is 4.64. The zero-order valence-electron chi connectivity index (χ0n) is 10.9. The summed E-state index contributed by atoms with van der Waals surface area (Å²) in [6.07, 6.45) is 0.844. The average molecular weight is 241 g/mol. The first kappa shape index (κ1) is 12.5. The molecule has 0 spiro atoms. The van der Waals surface area contributed by atoms with E-state index in [1.807, 2.05) is 18.2 Å². The van der Waals surface area contributed by atoms with Crippen molar-refractivity contribution in [3.05, 3.63) is 59.7 Å². The van der Waals surface area contributed by atoms with Crippen LogP contribution in [0.4, 0.5) is 5.69 Å². The third kappa shape index (κ3) is 3.04. The molecule has 0 saturated carbocycles. The Balaban J connectivity index is 2.00. The number of hydrogen-bond acceptors (Lipinski definition) is 2. The largest absolute Gasteiger partial charge is 0.508 e. The fourth-order valence-corrected chi connectivity index (χ4v) is 2.00. The van der Waals surface area contributed by atoms with Crippen LogP contribution in [0.3, 0.4) is 0 Å². The molecule has 0 unspecified atom stereocenters. The van der Waals surface area contributed by atoms with Crippen molar-refractivity contribution in [2.45, 2.75) is 13.3 Å². The van der Waals surface area contributed by atoms with Crippen molar-refractivity contribution in [1.82, 2.24) is 0 Å². The van der Waals surface area contributed by atoms with Crippen molar-refractivity contribution >= 4 is 5.69 Å².